The largest absolute Gasteiger partial charge is 0.379 e. The third-order valence-electron chi connectivity index (χ3n) is 5.78. The Labute approximate surface area is 222 Å². The molecule has 0 radical (unpaired) electrons. The molecule has 1 aliphatic heterocycles. The Hall–Kier alpha value is 0.160. The summed E-state index contributed by atoms with van der Waals surface area (Å²) < 4.78 is 40.2. The van der Waals surface area contributed by atoms with E-state index in [9.17, 15) is 0 Å². The van der Waals surface area contributed by atoms with Crippen LogP contribution in [0, 0.1) is 0 Å². The summed E-state index contributed by atoms with van der Waals surface area (Å²) in [5.74, 6) is 0. The van der Waals surface area contributed by atoms with Gasteiger partial charge in [0.05, 0.1) is 84.9 Å². The summed E-state index contributed by atoms with van der Waals surface area (Å²) in [4.78, 5) is 2.31. The molecule has 210 valence electrons. The van der Waals surface area contributed by atoms with E-state index < -0.39 is 0 Å². The minimum Gasteiger partial charge on any atom is -0.379 e. The van der Waals surface area contributed by atoms with Crippen molar-refractivity contribution in [3.8, 4) is 0 Å². The van der Waals surface area contributed by atoms with Crippen molar-refractivity contribution in [2.45, 2.75) is 58.0 Å². The van der Waals surface area contributed by atoms with Gasteiger partial charge in [0.15, 0.2) is 0 Å². The van der Waals surface area contributed by atoms with Gasteiger partial charge in [-0.15, -0.1) is 0 Å². The molecule has 1 unspecified atom stereocenters. The van der Waals surface area contributed by atoms with Crippen LogP contribution in [0.5, 0.6) is 0 Å². The van der Waals surface area contributed by atoms with Crippen LogP contribution in [0.15, 0.2) is 0 Å². The zero-order valence-corrected chi connectivity index (χ0v) is 24.0. The highest BCUT2D eigenvalue weighted by atomic mass is 79.9. The summed E-state index contributed by atoms with van der Waals surface area (Å²) in [5, 5.41) is 0.715. The molecule has 0 saturated carbocycles. The zero-order valence-electron chi connectivity index (χ0n) is 22.4. The summed E-state index contributed by atoms with van der Waals surface area (Å²) in [5.41, 5.74) is -0.350. The number of alkyl halides is 1. The highest BCUT2D eigenvalue weighted by molar-refractivity contribution is 9.09. The number of hydrogen-bond acceptors (Lipinski definition) is 8. The molecule has 0 amide bonds. The molecule has 0 spiro atoms. The smallest absolute Gasteiger partial charge is 0.0984 e. The van der Waals surface area contributed by atoms with Crippen molar-refractivity contribution in [1.29, 1.82) is 0 Å². The molecule has 1 saturated heterocycles. The van der Waals surface area contributed by atoms with E-state index in [2.05, 4.69) is 27.8 Å². The fraction of sp³-hybridized carbons (Fsp3) is 1.00. The molecule has 9 heteroatoms. The highest BCUT2D eigenvalue weighted by Gasteiger charge is 2.24. The first-order chi connectivity index (χ1) is 17.2. The first-order valence-corrected chi connectivity index (χ1v) is 14.7. The van der Waals surface area contributed by atoms with Gasteiger partial charge >= 0.3 is 0 Å². The van der Waals surface area contributed by atoms with E-state index in [1.54, 1.807) is 0 Å². The molecule has 0 aromatic carbocycles. The van der Waals surface area contributed by atoms with Gasteiger partial charge in [-0.05, 0) is 13.3 Å². The Bertz CT molecular complexity index is 450. The number of nitrogens with zero attached hydrogens (tertiary/aromatic N) is 1. The van der Waals surface area contributed by atoms with E-state index in [1.807, 2.05) is 6.92 Å². The van der Waals surface area contributed by atoms with Crippen molar-refractivity contribution in [3.63, 3.8) is 0 Å². The molecule has 1 fully saturated rings. The normalized spacial score (nSPS) is 22.0. The Balaban J connectivity index is 2.03. The van der Waals surface area contributed by atoms with Crippen LogP contribution in [-0.4, -0.2) is 121 Å². The van der Waals surface area contributed by atoms with Gasteiger partial charge in [-0.3, -0.25) is 4.90 Å². The highest BCUT2D eigenvalue weighted by Crippen LogP contribution is 2.14. The van der Waals surface area contributed by atoms with Crippen molar-refractivity contribution in [1.82, 2.24) is 4.90 Å². The Morgan fingerprint density at radius 2 is 1.26 bits per heavy atom. The van der Waals surface area contributed by atoms with Gasteiger partial charge in [0.1, 0.15) is 0 Å². The average molecular weight is 571 g/mol. The fourth-order valence-electron chi connectivity index (χ4n) is 3.52. The lowest BCUT2D eigenvalue weighted by Crippen LogP contribution is -2.38. The van der Waals surface area contributed by atoms with Gasteiger partial charge in [0.2, 0.25) is 0 Å². The first-order valence-electron chi connectivity index (χ1n) is 13.6. The maximum atomic E-state index is 5.95. The standard InChI is InChI=1S/C26H52BrNO7/c1-3-4-5-6-7-8-12-29-16-18-33-19-17-30-13-9-28-10-14-31-20-21-34-25-26(2,24-27)35-23-22-32-15-11-28/h3-25H2,1-2H3. The second kappa shape index (κ2) is 24.5. The summed E-state index contributed by atoms with van der Waals surface area (Å²) in [6.07, 6.45) is 7.73. The van der Waals surface area contributed by atoms with Crippen LogP contribution in [0.2, 0.25) is 0 Å². The van der Waals surface area contributed by atoms with Crippen LogP contribution in [-0.2, 0) is 33.2 Å². The third-order valence-corrected chi connectivity index (χ3v) is 6.97. The molecule has 0 aliphatic carbocycles. The van der Waals surface area contributed by atoms with Crippen molar-refractivity contribution in [2.24, 2.45) is 0 Å². The summed E-state index contributed by atoms with van der Waals surface area (Å²) in [6.45, 7) is 14.9. The quantitative estimate of drug-likeness (QED) is 0.193. The molecule has 1 rings (SSSR count). The number of ether oxygens (including phenoxy) is 7. The monoisotopic (exact) mass is 569 g/mol. The molecule has 0 aromatic rings. The second-order valence-electron chi connectivity index (χ2n) is 9.16. The molecule has 0 N–H and O–H groups in total. The zero-order chi connectivity index (χ0) is 25.3. The predicted octanol–water partition coefficient (Wildman–Crippen LogP) is 3.93. The molecule has 35 heavy (non-hydrogen) atoms. The molecular formula is C26H52BrNO7. The Morgan fingerprint density at radius 1 is 0.686 bits per heavy atom. The van der Waals surface area contributed by atoms with Gasteiger partial charge in [-0.25, -0.2) is 0 Å². The summed E-state index contributed by atoms with van der Waals surface area (Å²) >= 11 is 3.51. The SMILES string of the molecule is CCCCCCCCOCCOCCOCCN1CCOCCOCC(C)(CBr)OCCOCC1. The van der Waals surface area contributed by atoms with Gasteiger partial charge in [0.25, 0.3) is 0 Å². The lowest BCUT2D eigenvalue weighted by atomic mass is 10.1. The topological polar surface area (TPSA) is 67.9 Å². The van der Waals surface area contributed by atoms with Gasteiger partial charge in [0, 0.05) is 31.6 Å². The summed E-state index contributed by atoms with van der Waals surface area (Å²) in [7, 11) is 0. The molecule has 0 aromatic heterocycles. The van der Waals surface area contributed by atoms with E-state index >= 15 is 0 Å². The number of rotatable bonds is 17. The fourth-order valence-corrected chi connectivity index (χ4v) is 3.84. The first kappa shape index (κ1) is 33.2. The van der Waals surface area contributed by atoms with Crippen LogP contribution in [0.25, 0.3) is 0 Å². The van der Waals surface area contributed by atoms with E-state index in [-0.39, 0.29) is 5.60 Å². The lowest BCUT2D eigenvalue weighted by molar-refractivity contribution is -0.0904. The minimum absolute atomic E-state index is 0.350. The third kappa shape index (κ3) is 20.9. The Morgan fingerprint density at radius 3 is 1.94 bits per heavy atom. The average Bonchev–Trinajstić information content (AvgIpc) is 2.87. The van der Waals surface area contributed by atoms with Crippen LogP contribution in [0.3, 0.4) is 0 Å². The van der Waals surface area contributed by atoms with E-state index in [0.29, 0.717) is 84.6 Å². The summed E-state index contributed by atoms with van der Waals surface area (Å²) in [6, 6.07) is 0. The van der Waals surface area contributed by atoms with Crippen LogP contribution in [0.4, 0.5) is 0 Å². The molecular weight excluding hydrogens is 518 g/mol. The van der Waals surface area contributed by atoms with E-state index in [1.165, 1.54) is 32.1 Å². The van der Waals surface area contributed by atoms with Crippen LogP contribution in [0.1, 0.15) is 52.4 Å². The maximum Gasteiger partial charge on any atom is 0.0984 e. The van der Waals surface area contributed by atoms with Gasteiger partial charge in [-0.1, -0.05) is 55.0 Å². The lowest BCUT2D eigenvalue weighted by Gasteiger charge is -2.27. The van der Waals surface area contributed by atoms with Crippen LogP contribution < -0.4 is 0 Å². The molecule has 1 atom stereocenters. The van der Waals surface area contributed by atoms with E-state index in [0.717, 1.165) is 32.7 Å². The van der Waals surface area contributed by atoms with Crippen LogP contribution >= 0.6 is 15.9 Å². The number of hydrogen-bond donors (Lipinski definition) is 0. The minimum atomic E-state index is -0.350. The van der Waals surface area contributed by atoms with Crippen molar-refractivity contribution in [2.75, 3.05) is 111 Å². The predicted molar refractivity (Wildman–Crippen MR) is 143 cm³/mol. The second-order valence-corrected chi connectivity index (χ2v) is 9.72. The van der Waals surface area contributed by atoms with Crippen molar-refractivity contribution in [3.05, 3.63) is 0 Å². The Kier molecular flexibility index (Phi) is 23.2. The molecule has 8 nitrogen and oxygen atoms in total. The van der Waals surface area contributed by atoms with Gasteiger partial charge < -0.3 is 33.2 Å². The molecule has 1 heterocycles. The van der Waals surface area contributed by atoms with Gasteiger partial charge in [-0.2, -0.15) is 0 Å². The molecule has 0 bridgehead atoms. The van der Waals surface area contributed by atoms with Crippen molar-refractivity contribution < 1.29 is 33.2 Å². The van der Waals surface area contributed by atoms with E-state index in [4.69, 9.17) is 33.2 Å². The number of halogens is 1. The maximum absolute atomic E-state index is 5.95. The number of unbranched alkanes of at least 4 members (excludes halogenated alkanes) is 5. The molecule has 1 aliphatic rings. The van der Waals surface area contributed by atoms with Crippen molar-refractivity contribution >= 4 is 15.9 Å².